The summed E-state index contributed by atoms with van der Waals surface area (Å²) >= 11 is 0. The van der Waals surface area contributed by atoms with Gasteiger partial charge in [-0.15, -0.1) is 0 Å². The van der Waals surface area contributed by atoms with Gasteiger partial charge < -0.3 is 14.4 Å². The van der Waals surface area contributed by atoms with Crippen LogP contribution >= 0.6 is 7.82 Å². The van der Waals surface area contributed by atoms with Crippen molar-refractivity contribution in [3.05, 3.63) is 0 Å². The zero-order valence-electron chi connectivity index (χ0n) is 19.2. The van der Waals surface area contributed by atoms with E-state index in [1.165, 1.54) is 70.6 Å². The van der Waals surface area contributed by atoms with Crippen molar-refractivity contribution >= 4 is 7.82 Å². The van der Waals surface area contributed by atoms with Crippen LogP contribution in [0, 0.1) is 5.92 Å². The molecule has 5 nitrogen and oxygen atoms in total. The third kappa shape index (κ3) is 29.3. The molecule has 0 amide bonds. The molecule has 0 aliphatic rings. The predicted octanol–water partition coefficient (Wildman–Crippen LogP) is -0.333. The molecule has 158 valence electrons. The summed E-state index contributed by atoms with van der Waals surface area (Å²) in [7, 11) is -5.06. The van der Waals surface area contributed by atoms with Crippen LogP contribution in [0.5, 0.6) is 0 Å². The molecule has 0 saturated carbocycles. The Hall–Kier alpha value is 3.34. The van der Waals surface area contributed by atoms with E-state index in [0.717, 1.165) is 19.3 Å². The van der Waals surface area contributed by atoms with Gasteiger partial charge >= 0.3 is 103 Å². The molecule has 0 spiro atoms. The third-order valence-corrected chi connectivity index (χ3v) is 4.90. The quantitative estimate of drug-likeness (QED) is 0.0849. The Morgan fingerprint density at radius 2 is 1.14 bits per heavy atom. The van der Waals surface area contributed by atoms with Gasteiger partial charge in [0.2, 0.25) is 0 Å². The summed E-state index contributed by atoms with van der Waals surface area (Å²) < 4.78 is 14.5. The second kappa shape index (κ2) is 25.0. The molecule has 0 aliphatic carbocycles. The first-order valence-corrected chi connectivity index (χ1v) is 12.2. The molecular weight excluding hydrogens is 429 g/mol. The summed E-state index contributed by atoms with van der Waals surface area (Å²) in [4.78, 5) is 25.9. The van der Waals surface area contributed by atoms with Crippen LogP contribution in [0.3, 0.4) is 0 Å². The molecule has 0 aromatic heterocycles. The summed E-state index contributed by atoms with van der Waals surface area (Å²) in [6.07, 6.45) is 17.9. The molecule has 1 atom stereocenters. The van der Waals surface area contributed by atoms with Crippen molar-refractivity contribution in [1.29, 1.82) is 0 Å². The maximum Gasteiger partial charge on any atom is 1.00 e. The minimum atomic E-state index is -5.06. The Kier molecular flexibility index (Phi) is 32.0. The number of unbranched alkanes of at least 4 members (excludes halogenated alkanes) is 12. The van der Waals surface area contributed by atoms with Gasteiger partial charge in [-0.05, 0) is 18.8 Å². The maximum atomic E-state index is 10.5. The smallest absolute Gasteiger partial charge is 0.788 e. The number of hydrogen-bond donors (Lipinski definition) is 0. The molecule has 0 heterocycles. The fourth-order valence-electron chi connectivity index (χ4n) is 3.23. The fourth-order valence-corrected chi connectivity index (χ4v) is 3.46. The van der Waals surface area contributed by atoms with E-state index in [1.807, 2.05) is 13.8 Å². The standard InChI is InChI=1S/C20H43O5P.2K/c1-4-5-6-7-8-9-10-11-12-13-14-15-16-17-20(18-19(2)3)24-25-26(21,22)23;;/h19-20H,4-18H2,1-3H3,(H2,21,22,23);;/q;2*+1/p-2. The minimum Gasteiger partial charge on any atom is -0.788 e. The van der Waals surface area contributed by atoms with Gasteiger partial charge in [0.1, 0.15) is 7.82 Å². The molecular formula is C20H41K2O5P. The van der Waals surface area contributed by atoms with E-state index in [9.17, 15) is 14.4 Å². The van der Waals surface area contributed by atoms with Gasteiger partial charge in [0.15, 0.2) is 0 Å². The van der Waals surface area contributed by atoms with Gasteiger partial charge in [-0.1, -0.05) is 104 Å². The summed E-state index contributed by atoms with van der Waals surface area (Å²) in [5.74, 6) is 0.364. The molecule has 28 heavy (non-hydrogen) atoms. The van der Waals surface area contributed by atoms with E-state index < -0.39 is 7.82 Å². The number of rotatable bonds is 19. The van der Waals surface area contributed by atoms with E-state index >= 15 is 0 Å². The van der Waals surface area contributed by atoms with E-state index in [2.05, 4.69) is 11.6 Å². The van der Waals surface area contributed by atoms with Gasteiger partial charge in [-0.2, -0.15) is 0 Å². The Labute approximate surface area is 259 Å². The second-order valence-corrected chi connectivity index (χ2v) is 8.94. The third-order valence-electron chi connectivity index (χ3n) is 4.63. The van der Waals surface area contributed by atoms with Crippen LogP contribution < -0.4 is 113 Å². The van der Waals surface area contributed by atoms with Crippen LogP contribution in [0.1, 0.15) is 117 Å². The largest absolute Gasteiger partial charge is 1.00 e. The van der Waals surface area contributed by atoms with E-state index in [4.69, 9.17) is 4.89 Å². The average Bonchev–Trinajstić information content (AvgIpc) is 2.55. The Bertz CT molecular complexity index is 353. The summed E-state index contributed by atoms with van der Waals surface area (Å²) in [6, 6.07) is 0. The van der Waals surface area contributed by atoms with E-state index in [0.29, 0.717) is 12.3 Å². The molecule has 0 saturated heterocycles. The minimum absolute atomic E-state index is 0. The molecule has 0 aromatic carbocycles. The normalized spacial score (nSPS) is 12.5. The first-order chi connectivity index (χ1) is 12.3. The van der Waals surface area contributed by atoms with Crippen molar-refractivity contribution < 1.29 is 127 Å². The summed E-state index contributed by atoms with van der Waals surface area (Å²) in [5, 5.41) is 0. The summed E-state index contributed by atoms with van der Waals surface area (Å²) in [5.41, 5.74) is 0. The van der Waals surface area contributed by atoms with Crippen LogP contribution in [0.15, 0.2) is 0 Å². The fraction of sp³-hybridized carbons (Fsp3) is 1.00. The van der Waals surface area contributed by atoms with Crippen LogP contribution in [-0.2, 0) is 14.1 Å². The molecule has 0 aromatic rings. The molecule has 1 unspecified atom stereocenters. The van der Waals surface area contributed by atoms with E-state index in [1.54, 1.807) is 0 Å². The summed E-state index contributed by atoms with van der Waals surface area (Å²) in [6.45, 7) is 6.32. The first-order valence-electron chi connectivity index (χ1n) is 10.7. The molecule has 0 bridgehead atoms. The second-order valence-electron chi connectivity index (χ2n) is 7.90. The van der Waals surface area contributed by atoms with Gasteiger partial charge in [-0.3, -0.25) is 0 Å². The number of phosphoric acid groups is 1. The molecule has 0 radical (unpaired) electrons. The van der Waals surface area contributed by atoms with Crippen LogP contribution in [0.4, 0.5) is 0 Å². The average molecular weight is 471 g/mol. The van der Waals surface area contributed by atoms with Crippen molar-refractivity contribution in [2.75, 3.05) is 0 Å². The van der Waals surface area contributed by atoms with Crippen molar-refractivity contribution in [1.82, 2.24) is 0 Å². The van der Waals surface area contributed by atoms with Gasteiger partial charge in [0.25, 0.3) is 0 Å². The molecule has 8 heteroatoms. The van der Waals surface area contributed by atoms with Crippen LogP contribution in [-0.4, -0.2) is 6.10 Å². The van der Waals surface area contributed by atoms with Crippen LogP contribution in [0.2, 0.25) is 0 Å². The first kappa shape index (κ1) is 35.9. The topological polar surface area (TPSA) is 81.7 Å². The van der Waals surface area contributed by atoms with Crippen molar-refractivity contribution in [2.24, 2.45) is 5.92 Å². The number of hydrogen-bond acceptors (Lipinski definition) is 5. The van der Waals surface area contributed by atoms with Crippen molar-refractivity contribution in [2.45, 2.75) is 123 Å². The Balaban J connectivity index is -0.00000312. The van der Waals surface area contributed by atoms with Crippen molar-refractivity contribution in [3.8, 4) is 0 Å². The van der Waals surface area contributed by atoms with Gasteiger partial charge in [0.05, 0.1) is 6.10 Å². The zero-order valence-corrected chi connectivity index (χ0v) is 26.4. The Morgan fingerprint density at radius 3 is 1.50 bits per heavy atom. The monoisotopic (exact) mass is 470 g/mol. The molecule has 0 N–H and O–H groups in total. The van der Waals surface area contributed by atoms with E-state index in [-0.39, 0.29) is 109 Å². The van der Waals surface area contributed by atoms with Gasteiger partial charge in [0, 0.05) is 0 Å². The Morgan fingerprint density at radius 1 is 0.750 bits per heavy atom. The van der Waals surface area contributed by atoms with Gasteiger partial charge in [-0.25, -0.2) is 9.56 Å². The molecule has 0 fully saturated rings. The SMILES string of the molecule is CCCCCCCCCCCCCCCC(CC(C)C)OOP(=O)([O-])[O-].[K+].[K+]. The maximum absolute atomic E-state index is 10.5. The molecule has 0 aliphatic heterocycles. The van der Waals surface area contributed by atoms with Crippen LogP contribution in [0.25, 0.3) is 0 Å². The zero-order chi connectivity index (χ0) is 19.7. The molecule has 0 rings (SSSR count). The van der Waals surface area contributed by atoms with Crippen molar-refractivity contribution in [3.63, 3.8) is 0 Å². The predicted molar refractivity (Wildman–Crippen MR) is 103 cm³/mol.